The normalized spacial score (nSPS) is 14.3. The van der Waals surface area contributed by atoms with Crippen LogP contribution in [0.15, 0.2) is 33.6 Å². The lowest BCUT2D eigenvalue weighted by Crippen LogP contribution is -2.32. The van der Waals surface area contributed by atoms with E-state index < -0.39 is 0 Å². The molecule has 0 aromatic heterocycles. The third-order valence-corrected chi connectivity index (χ3v) is 4.93. The third kappa shape index (κ3) is 7.38. The topological polar surface area (TPSA) is 12.0 Å². The molecule has 108 valence electrons. The predicted octanol–water partition coefficient (Wildman–Crippen LogP) is 5.35. The van der Waals surface area contributed by atoms with Crippen LogP contribution in [-0.2, 0) is 0 Å². The van der Waals surface area contributed by atoms with E-state index in [1.807, 2.05) is 11.8 Å². The fraction of sp³-hybridized carbons (Fsp3) is 0.625. The monoisotopic (exact) mass is 343 g/mol. The molecule has 0 saturated carbocycles. The number of hydrogen-bond donors (Lipinski definition) is 1. The minimum absolute atomic E-state index is 0.625. The molecule has 0 aliphatic rings. The molecule has 2 atom stereocenters. The van der Waals surface area contributed by atoms with E-state index in [0.717, 1.165) is 22.7 Å². The maximum absolute atomic E-state index is 3.62. The van der Waals surface area contributed by atoms with Gasteiger partial charge in [0, 0.05) is 21.2 Å². The van der Waals surface area contributed by atoms with Crippen LogP contribution < -0.4 is 5.32 Å². The number of rotatable bonds is 9. The zero-order valence-electron chi connectivity index (χ0n) is 12.3. The van der Waals surface area contributed by atoms with E-state index in [1.54, 1.807) is 0 Å². The fourth-order valence-corrected chi connectivity index (χ4v) is 3.56. The molecule has 0 aliphatic heterocycles. The smallest absolute Gasteiger partial charge is 0.0176 e. The largest absolute Gasteiger partial charge is 0.313 e. The van der Waals surface area contributed by atoms with Crippen molar-refractivity contribution in [3.8, 4) is 0 Å². The second-order valence-corrected chi connectivity index (χ2v) is 7.16. The van der Waals surface area contributed by atoms with Crippen LogP contribution in [0.4, 0.5) is 0 Å². The van der Waals surface area contributed by atoms with E-state index in [2.05, 4.69) is 66.3 Å². The van der Waals surface area contributed by atoms with Gasteiger partial charge in [0.05, 0.1) is 0 Å². The molecule has 2 unspecified atom stereocenters. The minimum Gasteiger partial charge on any atom is -0.313 e. The van der Waals surface area contributed by atoms with Crippen LogP contribution in [0.2, 0.25) is 0 Å². The van der Waals surface area contributed by atoms with Crippen molar-refractivity contribution >= 4 is 27.7 Å². The first-order valence-corrected chi connectivity index (χ1v) is 9.05. The highest BCUT2D eigenvalue weighted by Gasteiger charge is 2.12. The Morgan fingerprint density at radius 3 is 2.47 bits per heavy atom. The first kappa shape index (κ1) is 17.1. The van der Waals surface area contributed by atoms with E-state index in [0.29, 0.717) is 6.04 Å². The average Bonchev–Trinajstić information content (AvgIpc) is 2.38. The predicted molar refractivity (Wildman–Crippen MR) is 91.0 cm³/mol. The molecule has 0 spiro atoms. The van der Waals surface area contributed by atoms with Gasteiger partial charge in [-0.2, -0.15) is 0 Å². The summed E-state index contributed by atoms with van der Waals surface area (Å²) in [6, 6.07) is 9.23. The fourth-order valence-electron chi connectivity index (χ4n) is 2.32. The first-order chi connectivity index (χ1) is 9.15. The Morgan fingerprint density at radius 2 is 1.89 bits per heavy atom. The standard InChI is InChI=1S/C16H26BrNS/c1-4-6-13(3)11-15(18-5-2)12-19-16-9-7-14(17)8-10-16/h7-10,13,15,18H,4-6,11-12H2,1-3H3. The van der Waals surface area contributed by atoms with Crippen LogP contribution >= 0.6 is 27.7 Å². The van der Waals surface area contributed by atoms with Gasteiger partial charge in [0.15, 0.2) is 0 Å². The van der Waals surface area contributed by atoms with Crippen molar-refractivity contribution in [3.05, 3.63) is 28.7 Å². The van der Waals surface area contributed by atoms with E-state index in [-0.39, 0.29) is 0 Å². The third-order valence-electron chi connectivity index (χ3n) is 3.23. The van der Waals surface area contributed by atoms with Gasteiger partial charge in [-0.15, -0.1) is 11.8 Å². The Bertz CT molecular complexity index is 339. The van der Waals surface area contributed by atoms with Crippen molar-refractivity contribution in [1.29, 1.82) is 0 Å². The van der Waals surface area contributed by atoms with Crippen molar-refractivity contribution in [2.24, 2.45) is 5.92 Å². The van der Waals surface area contributed by atoms with Gasteiger partial charge in [-0.1, -0.05) is 49.5 Å². The van der Waals surface area contributed by atoms with Crippen LogP contribution in [0.5, 0.6) is 0 Å². The summed E-state index contributed by atoms with van der Waals surface area (Å²) in [4.78, 5) is 1.36. The van der Waals surface area contributed by atoms with Crippen LogP contribution in [-0.4, -0.2) is 18.3 Å². The molecule has 1 aromatic rings. The van der Waals surface area contributed by atoms with Gasteiger partial charge in [0.1, 0.15) is 0 Å². The first-order valence-electron chi connectivity index (χ1n) is 7.27. The van der Waals surface area contributed by atoms with Crippen molar-refractivity contribution in [1.82, 2.24) is 5.32 Å². The quantitative estimate of drug-likeness (QED) is 0.607. The molecule has 0 aliphatic carbocycles. The highest BCUT2D eigenvalue weighted by Crippen LogP contribution is 2.23. The Hall–Kier alpha value is 0.01000. The van der Waals surface area contributed by atoms with E-state index >= 15 is 0 Å². The van der Waals surface area contributed by atoms with Gasteiger partial charge in [-0.25, -0.2) is 0 Å². The maximum Gasteiger partial charge on any atom is 0.0176 e. The highest BCUT2D eigenvalue weighted by molar-refractivity contribution is 9.10. The SMILES string of the molecule is CCCC(C)CC(CSc1ccc(Br)cc1)NCC. The molecule has 1 rings (SSSR count). The summed E-state index contributed by atoms with van der Waals surface area (Å²) in [6.07, 6.45) is 3.91. The molecule has 1 aromatic carbocycles. The molecular weight excluding hydrogens is 318 g/mol. The molecule has 0 amide bonds. The van der Waals surface area contributed by atoms with Crippen LogP contribution in [0.1, 0.15) is 40.0 Å². The Labute approximate surface area is 131 Å². The maximum atomic E-state index is 3.62. The highest BCUT2D eigenvalue weighted by atomic mass is 79.9. The number of benzene rings is 1. The average molecular weight is 344 g/mol. The van der Waals surface area contributed by atoms with Gasteiger partial charge in [-0.05, 0) is 43.1 Å². The molecular formula is C16H26BrNS. The molecule has 0 heterocycles. The summed E-state index contributed by atoms with van der Waals surface area (Å²) in [7, 11) is 0. The number of nitrogens with one attached hydrogen (secondary N) is 1. The molecule has 19 heavy (non-hydrogen) atoms. The van der Waals surface area contributed by atoms with Crippen molar-refractivity contribution in [3.63, 3.8) is 0 Å². The summed E-state index contributed by atoms with van der Waals surface area (Å²) in [5.74, 6) is 1.98. The lowest BCUT2D eigenvalue weighted by atomic mass is 9.98. The van der Waals surface area contributed by atoms with Gasteiger partial charge in [0.25, 0.3) is 0 Å². The van der Waals surface area contributed by atoms with Gasteiger partial charge in [0.2, 0.25) is 0 Å². The Balaban J connectivity index is 2.42. The minimum atomic E-state index is 0.625. The Morgan fingerprint density at radius 1 is 1.21 bits per heavy atom. The van der Waals surface area contributed by atoms with E-state index in [1.165, 1.54) is 24.2 Å². The zero-order chi connectivity index (χ0) is 14.1. The second-order valence-electron chi connectivity index (χ2n) is 5.15. The molecule has 1 nitrogen and oxygen atoms in total. The van der Waals surface area contributed by atoms with Gasteiger partial charge >= 0.3 is 0 Å². The van der Waals surface area contributed by atoms with Crippen molar-refractivity contribution in [2.45, 2.75) is 51.0 Å². The van der Waals surface area contributed by atoms with Gasteiger partial charge in [-0.3, -0.25) is 0 Å². The van der Waals surface area contributed by atoms with Crippen LogP contribution in [0, 0.1) is 5.92 Å². The molecule has 0 saturated heterocycles. The van der Waals surface area contributed by atoms with Crippen LogP contribution in [0.3, 0.4) is 0 Å². The van der Waals surface area contributed by atoms with Crippen LogP contribution in [0.25, 0.3) is 0 Å². The summed E-state index contributed by atoms with van der Waals surface area (Å²) in [5, 5.41) is 3.62. The van der Waals surface area contributed by atoms with Crippen molar-refractivity contribution in [2.75, 3.05) is 12.3 Å². The lowest BCUT2D eigenvalue weighted by molar-refractivity contribution is 0.409. The molecule has 0 radical (unpaired) electrons. The molecule has 0 fully saturated rings. The Kier molecular flexibility index (Phi) is 8.84. The number of hydrogen-bond acceptors (Lipinski definition) is 2. The number of halogens is 1. The molecule has 1 N–H and O–H groups in total. The van der Waals surface area contributed by atoms with Crippen molar-refractivity contribution < 1.29 is 0 Å². The zero-order valence-corrected chi connectivity index (χ0v) is 14.7. The summed E-state index contributed by atoms with van der Waals surface area (Å²) in [6.45, 7) is 7.90. The van der Waals surface area contributed by atoms with Gasteiger partial charge < -0.3 is 5.32 Å². The summed E-state index contributed by atoms with van der Waals surface area (Å²) < 4.78 is 1.15. The summed E-state index contributed by atoms with van der Waals surface area (Å²) >= 11 is 5.43. The van der Waals surface area contributed by atoms with E-state index in [9.17, 15) is 0 Å². The van der Waals surface area contributed by atoms with E-state index in [4.69, 9.17) is 0 Å². The lowest BCUT2D eigenvalue weighted by Gasteiger charge is -2.21. The summed E-state index contributed by atoms with van der Waals surface area (Å²) in [5.41, 5.74) is 0. The molecule has 3 heteroatoms. The second kappa shape index (κ2) is 9.84. The molecule has 0 bridgehead atoms. The number of thioether (sulfide) groups is 1.